The second-order valence-corrected chi connectivity index (χ2v) is 11.0. The lowest BCUT2D eigenvalue weighted by molar-refractivity contribution is -0.128. The molecule has 1 unspecified atom stereocenters. The zero-order valence-electron chi connectivity index (χ0n) is 25.2. The molecule has 224 valence electrons. The van der Waals surface area contributed by atoms with Crippen LogP contribution in [0.5, 0.6) is 0 Å². The Morgan fingerprint density at radius 1 is 1.19 bits per heavy atom. The number of hydrogen-bond acceptors (Lipinski definition) is 5. The molecule has 0 radical (unpaired) electrons. The number of halogens is 2. The number of amides is 2. The van der Waals surface area contributed by atoms with Crippen LogP contribution in [0.3, 0.4) is 0 Å². The predicted molar refractivity (Wildman–Crippen MR) is 165 cm³/mol. The van der Waals surface area contributed by atoms with Crippen LogP contribution in [0.1, 0.15) is 47.1 Å². The molecule has 10 heteroatoms. The van der Waals surface area contributed by atoms with E-state index in [0.29, 0.717) is 37.6 Å². The number of pyridine rings is 1. The minimum atomic E-state index is -0.840. The molecule has 1 fully saturated rings. The highest BCUT2D eigenvalue weighted by atomic mass is 19.1. The van der Waals surface area contributed by atoms with Crippen molar-refractivity contribution in [1.29, 1.82) is 0 Å². The number of carbonyl (C=O) groups is 2. The maximum atomic E-state index is 15.9. The van der Waals surface area contributed by atoms with Gasteiger partial charge in [0.25, 0.3) is 0 Å². The third-order valence-corrected chi connectivity index (χ3v) is 7.54. The number of allylic oxidation sites excluding steroid dienone is 2. The molecule has 0 bridgehead atoms. The van der Waals surface area contributed by atoms with Crippen LogP contribution in [0.4, 0.5) is 20.3 Å². The number of nitrogens with zero attached hydrogens (tertiary/aromatic N) is 4. The lowest BCUT2D eigenvalue weighted by atomic mass is 9.94. The van der Waals surface area contributed by atoms with Gasteiger partial charge in [-0.25, -0.2) is 18.8 Å². The normalized spacial score (nSPS) is 16.4. The fourth-order valence-corrected chi connectivity index (χ4v) is 4.74. The largest absolute Gasteiger partial charge is 0.398 e. The van der Waals surface area contributed by atoms with E-state index in [1.807, 2.05) is 32.6 Å². The highest BCUT2D eigenvalue weighted by Gasteiger charge is 2.32. The van der Waals surface area contributed by atoms with E-state index >= 15 is 4.39 Å². The Morgan fingerprint density at radius 3 is 2.43 bits per heavy atom. The molecule has 1 saturated heterocycles. The third-order valence-electron chi connectivity index (χ3n) is 7.54. The fourth-order valence-electron chi connectivity index (χ4n) is 4.74. The second-order valence-electron chi connectivity index (χ2n) is 11.0. The number of nitrogen functional groups attached to an aromatic ring is 1. The number of anilines is 2. The zero-order chi connectivity index (χ0) is 31.3. The molecule has 1 aromatic carbocycles. The monoisotopic (exact) mass is 578 g/mol. The summed E-state index contributed by atoms with van der Waals surface area (Å²) in [6.07, 6.45) is 1.69. The molecule has 8 nitrogen and oxygen atoms in total. The number of piperazine rings is 1. The van der Waals surface area contributed by atoms with Crippen molar-refractivity contribution in [3.8, 4) is 11.3 Å². The zero-order valence-corrected chi connectivity index (χ0v) is 25.2. The first-order chi connectivity index (χ1) is 19.8. The highest BCUT2D eigenvalue weighted by Crippen LogP contribution is 2.34. The number of aliphatic imine (C=N–C) groups is 1. The van der Waals surface area contributed by atoms with Crippen LogP contribution in [0.15, 0.2) is 65.3 Å². The number of amidine groups is 1. The average molecular weight is 579 g/mol. The first-order valence-electron chi connectivity index (χ1n) is 13.9. The number of carbonyl (C=O) groups excluding carboxylic acids is 2. The summed E-state index contributed by atoms with van der Waals surface area (Å²) in [6.45, 7) is 21.0. The van der Waals surface area contributed by atoms with Crippen LogP contribution in [-0.4, -0.2) is 58.6 Å². The van der Waals surface area contributed by atoms with Crippen molar-refractivity contribution in [3.05, 3.63) is 77.5 Å². The van der Waals surface area contributed by atoms with Gasteiger partial charge in [0.05, 0.1) is 16.8 Å². The molecule has 42 heavy (non-hydrogen) atoms. The molecule has 3 rings (SSSR count). The first kappa shape index (κ1) is 32.2. The smallest absolute Gasteiger partial charge is 0.246 e. The Hall–Kier alpha value is -4.34. The quantitative estimate of drug-likeness (QED) is 0.0980. The lowest BCUT2D eigenvalue weighted by Crippen LogP contribution is -2.55. The van der Waals surface area contributed by atoms with Gasteiger partial charge in [-0.15, -0.1) is 0 Å². The van der Waals surface area contributed by atoms with Crippen LogP contribution in [0.25, 0.3) is 11.3 Å². The summed E-state index contributed by atoms with van der Waals surface area (Å²) < 4.78 is 30.7. The minimum absolute atomic E-state index is 0.00253. The van der Waals surface area contributed by atoms with Crippen LogP contribution in [-0.2, 0) is 9.59 Å². The van der Waals surface area contributed by atoms with Gasteiger partial charge in [0.15, 0.2) is 5.82 Å². The average Bonchev–Trinajstić information content (AvgIpc) is 2.94. The van der Waals surface area contributed by atoms with Crippen LogP contribution in [0, 0.1) is 23.5 Å². The van der Waals surface area contributed by atoms with E-state index in [-0.39, 0.29) is 52.1 Å². The summed E-state index contributed by atoms with van der Waals surface area (Å²) in [5.74, 6) is -1.26. The summed E-state index contributed by atoms with van der Waals surface area (Å²) in [7, 11) is 0. The maximum absolute atomic E-state index is 15.9. The number of aromatic nitrogens is 1. The molecule has 2 aromatic rings. The summed E-state index contributed by atoms with van der Waals surface area (Å²) in [5, 5.41) is 2.55. The van der Waals surface area contributed by atoms with E-state index in [0.717, 1.165) is 17.2 Å². The number of rotatable bonds is 9. The number of benzene rings is 1. The molecular weight excluding hydrogens is 538 g/mol. The molecule has 1 aromatic heterocycles. The summed E-state index contributed by atoms with van der Waals surface area (Å²) in [4.78, 5) is 37.2. The van der Waals surface area contributed by atoms with Gasteiger partial charge in [0.1, 0.15) is 23.2 Å². The van der Waals surface area contributed by atoms with Gasteiger partial charge in [-0.1, -0.05) is 46.9 Å². The van der Waals surface area contributed by atoms with Crippen molar-refractivity contribution in [2.24, 2.45) is 16.8 Å². The van der Waals surface area contributed by atoms with E-state index in [2.05, 4.69) is 37.3 Å². The van der Waals surface area contributed by atoms with Gasteiger partial charge >= 0.3 is 0 Å². The number of nitrogens with one attached hydrogen (secondary N) is 1. The molecule has 3 N–H and O–H groups in total. The molecule has 2 amide bonds. The Morgan fingerprint density at radius 2 is 1.88 bits per heavy atom. The highest BCUT2D eigenvalue weighted by molar-refractivity contribution is 6.05. The Balaban J connectivity index is 2.35. The third kappa shape index (κ3) is 6.75. The lowest BCUT2D eigenvalue weighted by Gasteiger charge is -2.41. The summed E-state index contributed by atoms with van der Waals surface area (Å²) >= 11 is 0. The fraction of sp³-hybridized carbons (Fsp3) is 0.375. The van der Waals surface area contributed by atoms with Crippen molar-refractivity contribution in [2.45, 2.75) is 47.6 Å². The second kappa shape index (κ2) is 13.5. The molecule has 0 aliphatic carbocycles. The van der Waals surface area contributed by atoms with E-state index in [1.54, 1.807) is 4.90 Å². The van der Waals surface area contributed by atoms with Crippen molar-refractivity contribution >= 4 is 29.7 Å². The van der Waals surface area contributed by atoms with E-state index < -0.39 is 11.6 Å². The van der Waals surface area contributed by atoms with E-state index in [9.17, 15) is 14.0 Å². The van der Waals surface area contributed by atoms with Gasteiger partial charge in [0, 0.05) is 31.4 Å². The van der Waals surface area contributed by atoms with Crippen LogP contribution >= 0.6 is 0 Å². The van der Waals surface area contributed by atoms with Gasteiger partial charge in [-0.05, 0) is 61.1 Å². The standard InChI is InChI=1S/C32H40F2N6O2/c1-9-27(42)39-13-14-40(20(6)16-39)32(38-29(21(7)18(2)3)22(8)19(4)5)23-15-25(34)30(37-31(23)36-17-41)28-24(33)11-10-12-26(28)35/h9-12,15,17-20H,1,7,13-14,16,35H2,2-6,8H3,(H,36,37,41)/b29-22-,38-32+. The van der Waals surface area contributed by atoms with Crippen molar-refractivity contribution < 1.29 is 18.4 Å². The topological polar surface area (TPSA) is 104 Å². The first-order valence-corrected chi connectivity index (χ1v) is 13.9. The van der Waals surface area contributed by atoms with Gasteiger partial charge in [-0.3, -0.25) is 9.59 Å². The van der Waals surface area contributed by atoms with Crippen LogP contribution in [0.2, 0.25) is 0 Å². The predicted octanol–water partition coefficient (Wildman–Crippen LogP) is 5.78. The van der Waals surface area contributed by atoms with Crippen LogP contribution < -0.4 is 11.1 Å². The van der Waals surface area contributed by atoms with Gasteiger partial charge in [0.2, 0.25) is 12.3 Å². The van der Waals surface area contributed by atoms with Crippen molar-refractivity contribution in [1.82, 2.24) is 14.8 Å². The molecule has 1 aliphatic rings. The molecule has 0 saturated carbocycles. The number of nitrogens with two attached hydrogens (primary N) is 1. The molecule has 1 aliphatic heterocycles. The van der Waals surface area contributed by atoms with E-state index in [4.69, 9.17) is 10.7 Å². The van der Waals surface area contributed by atoms with Gasteiger partial charge < -0.3 is 20.9 Å². The Labute approximate surface area is 246 Å². The Kier molecular flexibility index (Phi) is 10.4. The summed E-state index contributed by atoms with van der Waals surface area (Å²) in [5.41, 5.74) is 8.08. The Bertz CT molecular complexity index is 1430. The number of hydrogen-bond donors (Lipinski definition) is 2. The van der Waals surface area contributed by atoms with Crippen molar-refractivity contribution in [2.75, 3.05) is 30.7 Å². The molecule has 1 atom stereocenters. The SMILES string of the molecule is C=CC(=O)N1CCN(/C(=N/C(C(=C)C(C)C)=C(/C)C(C)C)c2cc(F)c(-c3c(N)cccc3F)nc2NC=O)C(C)C1. The van der Waals surface area contributed by atoms with Gasteiger partial charge in [-0.2, -0.15) is 0 Å². The van der Waals surface area contributed by atoms with Crippen molar-refractivity contribution in [3.63, 3.8) is 0 Å². The van der Waals surface area contributed by atoms with E-state index in [1.165, 1.54) is 24.3 Å². The minimum Gasteiger partial charge on any atom is -0.398 e. The summed E-state index contributed by atoms with van der Waals surface area (Å²) in [6, 6.07) is 4.97. The molecule has 2 heterocycles. The molecule has 0 spiro atoms. The maximum Gasteiger partial charge on any atom is 0.246 e. The molecular formula is C32H40F2N6O2.